The zero-order chi connectivity index (χ0) is 40.6. The Labute approximate surface area is 321 Å². The number of hydrogen-bond donors (Lipinski definition) is 3. The standard InChI is InChI=1S/C22H23F3N2O2.C22H22F3NO/c1-20(2,17-5-3-4-14-7-9-29-19(14)17)13-21(28,22(23,24)25)11-16-10-15-6-8-26-12-18(15)27-16;1-20(2,17-8-4-3-5-9-17)15-21(27,22(23,24)25)14-16-12-13-26-19-11-7-6-10-18(16)19/h3-6,8,10,12,27-28H,7,9,11,13H2,1-2H3;3-13,27H,14-15H2,1-2H3. The topological polar surface area (TPSA) is 91.3 Å². The lowest BCUT2D eigenvalue weighted by atomic mass is 9.73. The number of hydrogen-bond acceptors (Lipinski definition) is 5. The SMILES string of the molecule is CC(C)(CC(O)(Cc1cc2ccncc2[nH]1)C(F)(F)F)c1cccc2c1OCC2.CC(C)(CC(O)(Cc1ccnc2ccccc12)C(F)(F)F)c1ccccc1. The number of aliphatic hydroxyl groups is 2. The van der Waals surface area contributed by atoms with Gasteiger partial charge in [-0.1, -0.05) is 94.4 Å². The number of halogens is 6. The first-order valence-corrected chi connectivity index (χ1v) is 18.3. The highest BCUT2D eigenvalue weighted by atomic mass is 19.4. The predicted octanol–water partition coefficient (Wildman–Crippen LogP) is 10.1. The molecule has 6 aromatic rings. The molecule has 4 heterocycles. The van der Waals surface area contributed by atoms with E-state index in [9.17, 15) is 36.6 Å². The fraction of sp³-hybridized carbons (Fsp3) is 0.364. The van der Waals surface area contributed by atoms with Crippen molar-refractivity contribution in [2.24, 2.45) is 0 Å². The molecule has 7 rings (SSSR count). The monoisotopic (exact) mass is 777 g/mol. The highest BCUT2D eigenvalue weighted by molar-refractivity contribution is 5.82. The van der Waals surface area contributed by atoms with Gasteiger partial charge in [0.15, 0.2) is 11.2 Å². The molecule has 0 fully saturated rings. The van der Waals surface area contributed by atoms with Crippen LogP contribution in [0.25, 0.3) is 21.8 Å². The molecule has 0 spiro atoms. The second kappa shape index (κ2) is 15.2. The molecule has 2 unspecified atom stereocenters. The van der Waals surface area contributed by atoms with Gasteiger partial charge < -0.3 is 19.9 Å². The number of H-pyrrole nitrogens is 1. The summed E-state index contributed by atoms with van der Waals surface area (Å²) in [4.78, 5) is 11.1. The first-order valence-electron chi connectivity index (χ1n) is 18.3. The fourth-order valence-electron chi connectivity index (χ4n) is 7.89. The third-order valence-corrected chi connectivity index (χ3v) is 10.7. The smallest absolute Gasteiger partial charge is 0.417 e. The van der Waals surface area contributed by atoms with Gasteiger partial charge in [-0.15, -0.1) is 0 Å². The predicted molar refractivity (Wildman–Crippen MR) is 205 cm³/mol. The summed E-state index contributed by atoms with van der Waals surface area (Å²) in [5.74, 6) is 0.652. The van der Waals surface area contributed by atoms with Crippen LogP contribution in [0.5, 0.6) is 5.75 Å². The summed E-state index contributed by atoms with van der Waals surface area (Å²) in [5, 5.41) is 23.1. The minimum atomic E-state index is -4.79. The Hall–Kier alpha value is -4.94. The molecule has 56 heavy (non-hydrogen) atoms. The van der Waals surface area contributed by atoms with Crippen LogP contribution in [0, 0.1) is 0 Å². The molecule has 0 saturated carbocycles. The van der Waals surface area contributed by atoms with Gasteiger partial charge in [-0.2, -0.15) is 26.3 Å². The molecule has 6 nitrogen and oxygen atoms in total. The number of nitrogens with one attached hydrogen (secondary N) is 1. The van der Waals surface area contributed by atoms with Crippen molar-refractivity contribution in [2.75, 3.05) is 6.61 Å². The molecule has 2 atom stereocenters. The first-order chi connectivity index (χ1) is 26.2. The van der Waals surface area contributed by atoms with Gasteiger partial charge in [0.1, 0.15) is 5.75 Å². The van der Waals surface area contributed by atoms with Crippen molar-refractivity contribution in [2.45, 2.75) is 94.2 Å². The number of pyridine rings is 2. The number of fused-ring (bicyclic) bond motifs is 3. The van der Waals surface area contributed by atoms with Gasteiger partial charge in [-0.25, -0.2) is 0 Å². The minimum Gasteiger partial charge on any atom is -0.493 e. The summed E-state index contributed by atoms with van der Waals surface area (Å²) >= 11 is 0. The van der Waals surface area contributed by atoms with E-state index < -0.39 is 60.1 Å². The van der Waals surface area contributed by atoms with E-state index in [1.807, 2.05) is 18.2 Å². The van der Waals surface area contributed by atoms with E-state index >= 15 is 0 Å². The van der Waals surface area contributed by atoms with Crippen molar-refractivity contribution in [3.63, 3.8) is 0 Å². The molecular formula is C44H45F6N3O3. The Balaban J connectivity index is 0.000000190. The molecule has 0 radical (unpaired) electrons. The van der Waals surface area contributed by atoms with Gasteiger partial charge in [0.05, 0.1) is 23.8 Å². The molecule has 3 N–H and O–H groups in total. The average Bonchev–Trinajstić information content (AvgIpc) is 3.78. The minimum absolute atomic E-state index is 0.318. The Morgan fingerprint density at radius 2 is 1.38 bits per heavy atom. The van der Waals surface area contributed by atoms with Crippen molar-refractivity contribution in [3.05, 3.63) is 138 Å². The second-order valence-corrected chi connectivity index (χ2v) is 16.0. The van der Waals surface area contributed by atoms with Crippen LogP contribution in [-0.4, -0.2) is 55.3 Å². The van der Waals surface area contributed by atoms with Crippen LogP contribution in [0.3, 0.4) is 0 Å². The van der Waals surface area contributed by atoms with Crippen molar-refractivity contribution >= 4 is 21.8 Å². The van der Waals surface area contributed by atoms with Crippen LogP contribution in [0.15, 0.2) is 110 Å². The number of rotatable bonds is 10. The van der Waals surface area contributed by atoms with E-state index in [0.29, 0.717) is 45.6 Å². The fourth-order valence-corrected chi connectivity index (χ4v) is 7.89. The number of benzene rings is 3. The lowest BCUT2D eigenvalue weighted by Gasteiger charge is -2.38. The number of aromatic amines is 1. The lowest BCUT2D eigenvalue weighted by molar-refractivity contribution is -0.266. The first kappa shape index (κ1) is 40.7. The van der Waals surface area contributed by atoms with Crippen molar-refractivity contribution in [3.8, 4) is 5.75 Å². The van der Waals surface area contributed by atoms with E-state index in [2.05, 4.69) is 15.0 Å². The van der Waals surface area contributed by atoms with Gasteiger partial charge in [-0.3, -0.25) is 9.97 Å². The van der Waals surface area contributed by atoms with Gasteiger partial charge in [-0.05, 0) is 64.6 Å². The number of ether oxygens (including phenoxy) is 1. The van der Waals surface area contributed by atoms with Gasteiger partial charge in [0.2, 0.25) is 0 Å². The Morgan fingerprint density at radius 1 is 0.714 bits per heavy atom. The molecule has 3 aromatic carbocycles. The zero-order valence-electron chi connectivity index (χ0n) is 31.6. The maximum Gasteiger partial charge on any atom is 0.417 e. The normalized spacial score (nSPS) is 15.7. The average molecular weight is 778 g/mol. The third kappa shape index (κ3) is 8.56. The molecule has 0 saturated heterocycles. The number of para-hydroxylation sites is 2. The van der Waals surface area contributed by atoms with Crippen LogP contribution in [0.2, 0.25) is 0 Å². The molecule has 0 bridgehead atoms. The Bertz CT molecular complexity index is 2250. The summed E-state index contributed by atoms with van der Waals surface area (Å²) in [6.07, 6.45) is -6.21. The Morgan fingerprint density at radius 3 is 2.07 bits per heavy atom. The summed E-state index contributed by atoms with van der Waals surface area (Å²) in [7, 11) is 0. The van der Waals surface area contributed by atoms with Gasteiger partial charge in [0, 0.05) is 53.7 Å². The highest BCUT2D eigenvalue weighted by Gasteiger charge is 2.57. The van der Waals surface area contributed by atoms with Crippen LogP contribution in [0.1, 0.15) is 68.5 Å². The van der Waals surface area contributed by atoms with Crippen molar-refractivity contribution < 1.29 is 41.3 Å². The summed E-state index contributed by atoms with van der Waals surface area (Å²) in [6.45, 7) is 7.41. The summed E-state index contributed by atoms with van der Waals surface area (Å²) in [5.41, 5.74) is -3.10. The largest absolute Gasteiger partial charge is 0.493 e. The quantitative estimate of drug-likeness (QED) is 0.121. The third-order valence-electron chi connectivity index (χ3n) is 10.7. The van der Waals surface area contributed by atoms with Crippen LogP contribution >= 0.6 is 0 Å². The van der Waals surface area contributed by atoms with Gasteiger partial charge >= 0.3 is 12.4 Å². The number of nitrogens with zero attached hydrogens (tertiary/aromatic N) is 2. The molecule has 296 valence electrons. The van der Waals surface area contributed by atoms with E-state index in [1.165, 1.54) is 6.20 Å². The molecule has 1 aliphatic rings. The number of alkyl halides is 6. The zero-order valence-corrected chi connectivity index (χ0v) is 31.6. The van der Waals surface area contributed by atoms with Crippen LogP contribution < -0.4 is 4.74 Å². The van der Waals surface area contributed by atoms with Crippen molar-refractivity contribution in [1.29, 1.82) is 0 Å². The van der Waals surface area contributed by atoms with E-state index in [4.69, 9.17) is 4.74 Å². The maximum absolute atomic E-state index is 14.1. The van der Waals surface area contributed by atoms with Gasteiger partial charge in [0.25, 0.3) is 0 Å². The lowest BCUT2D eigenvalue weighted by Crippen LogP contribution is -2.51. The summed E-state index contributed by atoms with van der Waals surface area (Å²) in [6, 6.07) is 26.5. The maximum atomic E-state index is 14.1. The molecule has 3 aromatic heterocycles. The molecule has 0 amide bonds. The molecular weight excluding hydrogens is 732 g/mol. The molecule has 12 heteroatoms. The van der Waals surface area contributed by atoms with Crippen LogP contribution in [-0.2, 0) is 30.1 Å². The molecule has 0 aliphatic carbocycles. The second-order valence-electron chi connectivity index (χ2n) is 16.0. The van der Waals surface area contributed by atoms with Crippen LogP contribution in [0.4, 0.5) is 26.3 Å². The highest BCUT2D eigenvalue weighted by Crippen LogP contribution is 2.47. The Kier molecular flexibility index (Phi) is 11.0. The summed E-state index contributed by atoms with van der Waals surface area (Å²) < 4.78 is 89.8. The number of aromatic nitrogens is 3. The van der Waals surface area contributed by atoms with E-state index in [1.54, 1.807) is 113 Å². The van der Waals surface area contributed by atoms with Crippen molar-refractivity contribution in [1.82, 2.24) is 15.0 Å². The van der Waals surface area contributed by atoms with E-state index in [-0.39, 0.29) is 0 Å². The van der Waals surface area contributed by atoms with E-state index in [0.717, 1.165) is 22.9 Å². The molecule has 1 aliphatic heterocycles.